The van der Waals surface area contributed by atoms with Crippen LogP contribution in [0.4, 0.5) is 4.39 Å². The third-order valence-corrected chi connectivity index (χ3v) is 3.76. The molecule has 18 heavy (non-hydrogen) atoms. The Kier molecular flexibility index (Phi) is 4.32. The zero-order valence-electron chi connectivity index (χ0n) is 9.86. The highest BCUT2D eigenvalue weighted by molar-refractivity contribution is 7.09. The summed E-state index contributed by atoms with van der Waals surface area (Å²) in [7, 11) is 0. The molecule has 0 spiro atoms. The fourth-order valence-corrected chi connectivity index (χ4v) is 2.76. The van der Waals surface area contributed by atoms with Crippen LogP contribution in [0.25, 0.3) is 0 Å². The Morgan fingerprint density at radius 3 is 2.89 bits per heavy atom. The normalized spacial score (nSPS) is 12.7. The van der Waals surface area contributed by atoms with E-state index in [1.54, 1.807) is 6.07 Å². The van der Waals surface area contributed by atoms with Gasteiger partial charge in [-0.15, -0.1) is 11.3 Å². The largest absolute Gasteiger partial charge is 0.392 e. The van der Waals surface area contributed by atoms with E-state index in [1.165, 1.54) is 23.5 Å². The summed E-state index contributed by atoms with van der Waals surface area (Å²) in [6.45, 7) is 1.91. The fourth-order valence-electron chi connectivity index (χ4n) is 1.72. The molecule has 0 saturated carbocycles. The number of halogens is 2. The van der Waals surface area contributed by atoms with Gasteiger partial charge >= 0.3 is 0 Å². The molecule has 1 atom stereocenters. The monoisotopic (exact) mass is 285 g/mol. The summed E-state index contributed by atoms with van der Waals surface area (Å²) in [5, 5.41) is 13.2. The van der Waals surface area contributed by atoms with E-state index >= 15 is 0 Å². The number of rotatable bonds is 4. The van der Waals surface area contributed by atoms with E-state index in [0.29, 0.717) is 17.0 Å². The quantitative estimate of drug-likeness (QED) is 0.934. The first-order valence-corrected chi connectivity index (χ1v) is 6.83. The fraction of sp³-hybridized carbons (Fsp3) is 0.308. The number of thiazole rings is 1. The van der Waals surface area contributed by atoms with Crippen molar-refractivity contribution in [1.82, 2.24) is 4.98 Å². The Bertz CT molecular complexity index is 544. The highest BCUT2D eigenvalue weighted by Gasteiger charge is 2.12. The Labute approximate surface area is 114 Å². The molecule has 1 N–H and O–H groups in total. The lowest BCUT2D eigenvalue weighted by atomic mass is 10.1. The van der Waals surface area contributed by atoms with Gasteiger partial charge < -0.3 is 5.11 Å². The third kappa shape index (κ3) is 3.51. The van der Waals surface area contributed by atoms with Crippen molar-refractivity contribution >= 4 is 22.9 Å². The first-order chi connectivity index (χ1) is 8.54. The minimum atomic E-state index is -0.650. The lowest BCUT2D eigenvalue weighted by Gasteiger charge is -2.10. The predicted octanol–water partition coefficient (Wildman–Crippen LogP) is 3.39. The van der Waals surface area contributed by atoms with Crippen LogP contribution < -0.4 is 0 Å². The van der Waals surface area contributed by atoms with Crippen LogP contribution in [0.1, 0.15) is 16.3 Å². The number of aliphatic hydroxyl groups is 1. The molecule has 1 aromatic carbocycles. The van der Waals surface area contributed by atoms with Crippen LogP contribution in [0.2, 0.25) is 5.02 Å². The smallest absolute Gasteiger partial charge is 0.126 e. The molecule has 1 heterocycles. The zero-order valence-corrected chi connectivity index (χ0v) is 11.4. The molecule has 5 heteroatoms. The number of aromatic nitrogens is 1. The lowest BCUT2D eigenvalue weighted by Crippen LogP contribution is -2.14. The average Bonchev–Trinajstić information content (AvgIpc) is 2.69. The van der Waals surface area contributed by atoms with Gasteiger partial charge in [-0.3, -0.25) is 0 Å². The van der Waals surface area contributed by atoms with Crippen molar-refractivity contribution < 1.29 is 9.50 Å². The first-order valence-electron chi connectivity index (χ1n) is 5.57. The van der Waals surface area contributed by atoms with Crippen molar-refractivity contribution in [2.24, 2.45) is 0 Å². The Balaban J connectivity index is 2.02. The Morgan fingerprint density at radius 1 is 1.44 bits per heavy atom. The third-order valence-electron chi connectivity index (χ3n) is 2.54. The van der Waals surface area contributed by atoms with E-state index < -0.39 is 6.10 Å². The van der Waals surface area contributed by atoms with Gasteiger partial charge in [0.25, 0.3) is 0 Å². The van der Waals surface area contributed by atoms with Crippen molar-refractivity contribution in [3.63, 3.8) is 0 Å². The van der Waals surface area contributed by atoms with E-state index in [-0.39, 0.29) is 12.2 Å². The molecule has 2 rings (SSSR count). The summed E-state index contributed by atoms with van der Waals surface area (Å²) < 4.78 is 13.5. The zero-order chi connectivity index (χ0) is 13.1. The van der Waals surface area contributed by atoms with Crippen molar-refractivity contribution in [2.45, 2.75) is 25.9 Å². The van der Waals surface area contributed by atoms with Crippen LogP contribution >= 0.6 is 22.9 Å². The molecule has 0 aliphatic carbocycles. The second kappa shape index (κ2) is 5.78. The molecule has 0 saturated heterocycles. The van der Waals surface area contributed by atoms with Crippen molar-refractivity contribution in [1.29, 1.82) is 0 Å². The Morgan fingerprint density at radius 2 is 2.22 bits per heavy atom. The molecule has 96 valence electrons. The van der Waals surface area contributed by atoms with Gasteiger partial charge in [0, 0.05) is 28.9 Å². The lowest BCUT2D eigenvalue weighted by molar-refractivity contribution is 0.174. The van der Waals surface area contributed by atoms with Gasteiger partial charge in [0.1, 0.15) is 5.82 Å². The standard InChI is InChI=1S/C13H13ClFNOS/c1-8-7-18-13(16-8)6-11(17)5-9-4-10(14)2-3-12(9)15/h2-4,7,11,17H,5-6H2,1H3. The van der Waals surface area contributed by atoms with E-state index in [2.05, 4.69) is 4.98 Å². The maximum atomic E-state index is 13.5. The van der Waals surface area contributed by atoms with Crippen LogP contribution in [0, 0.1) is 12.7 Å². The topological polar surface area (TPSA) is 33.1 Å². The molecule has 0 fully saturated rings. The summed E-state index contributed by atoms with van der Waals surface area (Å²) in [6.07, 6.45) is 0.0266. The molecule has 0 radical (unpaired) electrons. The maximum Gasteiger partial charge on any atom is 0.126 e. The molecular weight excluding hydrogens is 273 g/mol. The van der Waals surface area contributed by atoms with Gasteiger partial charge in [0.2, 0.25) is 0 Å². The molecule has 1 aromatic heterocycles. The summed E-state index contributed by atoms with van der Waals surface area (Å²) in [6, 6.07) is 4.36. The molecule has 2 aromatic rings. The molecule has 0 aliphatic heterocycles. The second-order valence-corrected chi connectivity index (χ2v) is 5.56. The van der Waals surface area contributed by atoms with Crippen molar-refractivity contribution in [2.75, 3.05) is 0 Å². The number of hydrogen-bond donors (Lipinski definition) is 1. The van der Waals surface area contributed by atoms with E-state index in [1.807, 2.05) is 12.3 Å². The SMILES string of the molecule is Cc1csc(CC(O)Cc2cc(Cl)ccc2F)n1. The summed E-state index contributed by atoms with van der Waals surface area (Å²) in [5.74, 6) is -0.339. The predicted molar refractivity (Wildman–Crippen MR) is 71.7 cm³/mol. The minimum absolute atomic E-state index is 0.241. The first kappa shape index (κ1) is 13.5. The van der Waals surface area contributed by atoms with Crippen LogP contribution in [-0.2, 0) is 12.8 Å². The minimum Gasteiger partial charge on any atom is -0.392 e. The van der Waals surface area contributed by atoms with Gasteiger partial charge in [0.05, 0.1) is 11.1 Å². The highest BCUT2D eigenvalue weighted by Crippen LogP contribution is 2.18. The number of hydrogen-bond acceptors (Lipinski definition) is 3. The van der Waals surface area contributed by atoms with Crippen molar-refractivity contribution in [3.8, 4) is 0 Å². The van der Waals surface area contributed by atoms with Crippen LogP contribution in [0.15, 0.2) is 23.6 Å². The summed E-state index contributed by atoms with van der Waals surface area (Å²) >= 11 is 7.31. The van der Waals surface area contributed by atoms with E-state index in [0.717, 1.165) is 10.7 Å². The molecular formula is C13H13ClFNOS. The molecule has 0 aliphatic rings. The van der Waals surface area contributed by atoms with Crippen LogP contribution in [0.5, 0.6) is 0 Å². The van der Waals surface area contributed by atoms with Crippen LogP contribution in [-0.4, -0.2) is 16.2 Å². The van der Waals surface area contributed by atoms with Gasteiger partial charge in [0.15, 0.2) is 0 Å². The van der Waals surface area contributed by atoms with E-state index in [9.17, 15) is 9.50 Å². The number of nitrogens with zero attached hydrogens (tertiary/aromatic N) is 1. The van der Waals surface area contributed by atoms with Gasteiger partial charge in [-0.2, -0.15) is 0 Å². The Hall–Kier alpha value is -0.970. The van der Waals surface area contributed by atoms with Crippen LogP contribution in [0.3, 0.4) is 0 Å². The number of aliphatic hydroxyl groups excluding tert-OH is 1. The highest BCUT2D eigenvalue weighted by atomic mass is 35.5. The van der Waals surface area contributed by atoms with E-state index in [4.69, 9.17) is 11.6 Å². The second-order valence-electron chi connectivity index (χ2n) is 4.18. The molecule has 1 unspecified atom stereocenters. The van der Waals surface area contributed by atoms with Gasteiger partial charge in [-0.1, -0.05) is 11.6 Å². The molecule has 0 bridgehead atoms. The van der Waals surface area contributed by atoms with Gasteiger partial charge in [-0.05, 0) is 30.7 Å². The number of benzene rings is 1. The van der Waals surface area contributed by atoms with Crippen molar-refractivity contribution in [3.05, 3.63) is 50.7 Å². The maximum absolute atomic E-state index is 13.5. The molecule has 2 nitrogen and oxygen atoms in total. The summed E-state index contributed by atoms with van der Waals surface area (Å²) in [4.78, 5) is 4.27. The van der Waals surface area contributed by atoms with Gasteiger partial charge in [-0.25, -0.2) is 9.37 Å². The molecule has 0 amide bonds. The summed E-state index contributed by atoms with van der Waals surface area (Å²) in [5.41, 5.74) is 1.37. The number of aryl methyl sites for hydroxylation is 1. The average molecular weight is 286 g/mol.